The molecule has 0 spiro atoms. The molecule has 1 amide bonds. The lowest BCUT2D eigenvalue weighted by Crippen LogP contribution is -2.15. The summed E-state index contributed by atoms with van der Waals surface area (Å²) < 4.78 is 1.72. The molecule has 166 valence electrons. The highest BCUT2D eigenvalue weighted by molar-refractivity contribution is 6.07. The van der Waals surface area contributed by atoms with Crippen molar-refractivity contribution in [3.8, 4) is 5.75 Å². The van der Waals surface area contributed by atoms with Crippen LogP contribution in [0.25, 0.3) is 11.0 Å². The molecule has 10 nitrogen and oxygen atoms in total. The first-order chi connectivity index (χ1) is 15.8. The number of carbonyl (C=O) groups excluding carboxylic acids is 1. The van der Waals surface area contributed by atoms with Crippen molar-refractivity contribution in [1.29, 1.82) is 0 Å². The maximum atomic E-state index is 12.7. The molecule has 1 atom stereocenters. The van der Waals surface area contributed by atoms with E-state index >= 15 is 0 Å². The van der Waals surface area contributed by atoms with Gasteiger partial charge in [0, 0.05) is 17.8 Å². The van der Waals surface area contributed by atoms with Crippen molar-refractivity contribution in [2.75, 3.05) is 5.32 Å². The first kappa shape index (κ1) is 21.5. The molecule has 33 heavy (non-hydrogen) atoms. The van der Waals surface area contributed by atoms with Gasteiger partial charge in [-0.05, 0) is 29.8 Å². The highest BCUT2D eigenvalue weighted by Crippen LogP contribution is 2.29. The summed E-state index contributed by atoms with van der Waals surface area (Å²) in [7, 11) is 0. The van der Waals surface area contributed by atoms with Gasteiger partial charge in [-0.15, -0.1) is 0 Å². The number of amides is 1. The molecule has 0 aliphatic carbocycles. The van der Waals surface area contributed by atoms with E-state index in [1.165, 1.54) is 0 Å². The number of carbonyl (C=O) groups is 2. The molecular weight excluding hydrogens is 428 g/mol. The van der Waals surface area contributed by atoms with Gasteiger partial charge < -0.3 is 20.1 Å². The third-order valence-electron chi connectivity index (χ3n) is 5.16. The van der Waals surface area contributed by atoms with Gasteiger partial charge in [0.1, 0.15) is 5.75 Å². The fourth-order valence-corrected chi connectivity index (χ4v) is 3.59. The summed E-state index contributed by atoms with van der Waals surface area (Å²) in [5, 5.41) is 33.0. The average molecular weight is 446 g/mol. The summed E-state index contributed by atoms with van der Waals surface area (Å²) in [5.74, 6) is -2.10. The zero-order valence-corrected chi connectivity index (χ0v) is 17.1. The summed E-state index contributed by atoms with van der Waals surface area (Å²) in [5.41, 5.74) is 1.75. The van der Waals surface area contributed by atoms with Gasteiger partial charge in [0.25, 0.3) is 11.6 Å². The minimum atomic E-state index is -0.976. The molecule has 4 rings (SSSR count). The second kappa shape index (κ2) is 8.79. The number of anilines is 1. The van der Waals surface area contributed by atoms with E-state index in [9.17, 15) is 29.9 Å². The molecule has 10 heteroatoms. The number of nitrogens with one attached hydrogen (secondary N) is 1. The van der Waals surface area contributed by atoms with Crippen LogP contribution in [0, 0.1) is 10.1 Å². The maximum Gasteiger partial charge on any atom is 0.305 e. The quantitative estimate of drug-likeness (QED) is 0.287. The number of hydrogen-bond acceptors (Lipinski definition) is 6. The molecule has 1 heterocycles. The van der Waals surface area contributed by atoms with E-state index in [4.69, 9.17) is 0 Å². The van der Waals surface area contributed by atoms with Crippen LogP contribution in [0.1, 0.15) is 28.4 Å². The van der Waals surface area contributed by atoms with Crippen LogP contribution < -0.4 is 5.32 Å². The van der Waals surface area contributed by atoms with E-state index in [1.807, 2.05) is 30.3 Å². The number of rotatable bonds is 7. The van der Waals surface area contributed by atoms with Crippen LogP contribution in [0.3, 0.4) is 0 Å². The number of phenolic OH excluding ortho intramolecular Hbond substituents is 1. The topological polar surface area (TPSA) is 148 Å². The predicted octanol–water partition coefficient (Wildman–Crippen LogP) is 3.97. The number of fused-ring (bicyclic) bond motifs is 1. The van der Waals surface area contributed by atoms with E-state index in [0.717, 1.165) is 23.8 Å². The molecule has 0 aliphatic rings. The number of aromatic hydroxyl groups is 1. The summed E-state index contributed by atoms with van der Waals surface area (Å²) in [4.78, 5) is 38.9. The lowest BCUT2D eigenvalue weighted by Gasteiger charge is -2.18. The summed E-state index contributed by atoms with van der Waals surface area (Å²) in [6.45, 7) is 0. The smallest absolute Gasteiger partial charge is 0.305 e. The Balaban J connectivity index is 1.70. The van der Waals surface area contributed by atoms with Crippen molar-refractivity contribution in [3.63, 3.8) is 0 Å². The summed E-state index contributed by atoms with van der Waals surface area (Å²) >= 11 is 0. The number of phenols is 1. The first-order valence-corrected chi connectivity index (χ1v) is 9.85. The van der Waals surface area contributed by atoms with Crippen molar-refractivity contribution in [3.05, 3.63) is 94.3 Å². The lowest BCUT2D eigenvalue weighted by molar-refractivity contribution is -0.384. The van der Waals surface area contributed by atoms with Gasteiger partial charge in [-0.25, -0.2) is 4.98 Å². The third kappa shape index (κ3) is 4.49. The monoisotopic (exact) mass is 446 g/mol. The minimum Gasteiger partial charge on any atom is -0.507 e. The zero-order chi connectivity index (χ0) is 23.5. The highest BCUT2D eigenvalue weighted by atomic mass is 16.6. The third-order valence-corrected chi connectivity index (χ3v) is 5.16. The number of non-ortho nitro benzene ring substituents is 1. The van der Waals surface area contributed by atoms with Crippen molar-refractivity contribution in [1.82, 2.24) is 9.55 Å². The minimum absolute atomic E-state index is 0.173. The molecule has 0 bridgehead atoms. The Kier molecular flexibility index (Phi) is 5.73. The second-order valence-electron chi connectivity index (χ2n) is 7.29. The Morgan fingerprint density at radius 1 is 1.09 bits per heavy atom. The Bertz CT molecular complexity index is 1370. The molecule has 0 fully saturated rings. The average Bonchev–Trinajstić information content (AvgIpc) is 3.21. The number of aliphatic carboxylic acids is 1. The number of nitro groups is 1. The van der Waals surface area contributed by atoms with E-state index in [0.29, 0.717) is 16.7 Å². The number of aromatic nitrogens is 2. The number of carboxylic acids is 1. The Labute approximate surface area is 186 Å². The van der Waals surface area contributed by atoms with Crippen molar-refractivity contribution in [2.45, 2.75) is 12.5 Å². The standard InChI is InChI=1S/C23H18N4O6/c28-21-9-7-16(27(32)33)11-17(21)23(31)25-15-6-8-18-20(10-15)26(13-24-18)19(12-22(29)30)14-4-2-1-3-5-14/h1-11,13,19,28H,12H2,(H,25,31)(H,29,30). The largest absolute Gasteiger partial charge is 0.507 e. The van der Waals surface area contributed by atoms with Crippen LogP contribution in [-0.2, 0) is 4.79 Å². The maximum absolute atomic E-state index is 12.7. The predicted molar refractivity (Wildman–Crippen MR) is 119 cm³/mol. The number of benzene rings is 3. The molecule has 0 aliphatic heterocycles. The summed E-state index contributed by atoms with van der Waals surface area (Å²) in [6.07, 6.45) is 1.37. The van der Waals surface area contributed by atoms with Gasteiger partial charge in [0.05, 0.1) is 40.3 Å². The molecule has 0 radical (unpaired) electrons. The molecule has 1 unspecified atom stereocenters. The molecular formula is C23H18N4O6. The van der Waals surface area contributed by atoms with Crippen LogP contribution in [-0.4, -0.2) is 36.6 Å². The fourth-order valence-electron chi connectivity index (χ4n) is 3.59. The van der Waals surface area contributed by atoms with E-state index in [1.54, 1.807) is 29.1 Å². The van der Waals surface area contributed by atoms with Gasteiger partial charge in [0.2, 0.25) is 0 Å². The van der Waals surface area contributed by atoms with Crippen molar-refractivity contribution in [2.24, 2.45) is 0 Å². The molecule has 0 saturated heterocycles. The van der Waals surface area contributed by atoms with E-state index in [2.05, 4.69) is 10.3 Å². The Morgan fingerprint density at radius 3 is 2.55 bits per heavy atom. The molecule has 3 aromatic carbocycles. The highest BCUT2D eigenvalue weighted by Gasteiger charge is 2.21. The van der Waals surface area contributed by atoms with Crippen LogP contribution >= 0.6 is 0 Å². The van der Waals surface area contributed by atoms with Gasteiger partial charge in [-0.2, -0.15) is 0 Å². The van der Waals surface area contributed by atoms with E-state index < -0.39 is 28.6 Å². The molecule has 4 aromatic rings. The SMILES string of the molecule is O=C(O)CC(c1ccccc1)n1cnc2ccc(NC(=O)c3cc([N+](=O)[O-])ccc3O)cc21. The zero-order valence-electron chi connectivity index (χ0n) is 17.1. The normalized spacial score (nSPS) is 11.8. The van der Waals surface area contributed by atoms with E-state index in [-0.39, 0.29) is 17.7 Å². The Hall–Kier alpha value is -4.73. The lowest BCUT2D eigenvalue weighted by atomic mass is 10.0. The number of hydrogen-bond donors (Lipinski definition) is 3. The second-order valence-corrected chi connectivity index (χ2v) is 7.29. The van der Waals surface area contributed by atoms with Crippen LogP contribution in [0.2, 0.25) is 0 Å². The van der Waals surface area contributed by atoms with Crippen LogP contribution in [0.5, 0.6) is 5.75 Å². The van der Waals surface area contributed by atoms with Gasteiger partial charge in [0.15, 0.2) is 0 Å². The van der Waals surface area contributed by atoms with Gasteiger partial charge in [-0.1, -0.05) is 30.3 Å². The number of nitrogens with zero attached hydrogens (tertiary/aromatic N) is 3. The molecule has 3 N–H and O–H groups in total. The molecule has 0 saturated carbocycles. The van der Waals surface area contributed by atoms with Crippen molar-refractivity contribution >= 4 is 34.3 Å². The first-order valence-electron chi connectivity index (χ1n) is 9.85. The fraction of sp³-hybridized carbons (Fsp3) is 0.0870. The van der Waals surface area contributed by atoms with Crippen LogP contribution in [0.15, 0.2) is 73.1 Å². The van der Waals surface area contributed by atoms with Crippen molar-refractivity contribution < 1.29 is 24.7 Å². The number of imidazole rings is 1. The molecule has 1 aromatic heterocycles. The van der Waals surface area contributed by atoms with Gasteiger partial charge >= 0.3 is 5.97 Å². The number of nitro benzene ring substituents is 1. The van der Waals surface area contributed by atoms with Gasteiger partial charge in [-0.3, -0.25) is 19.7 Å². The Morgan fingerprint density at radius 2 is 1.85 bits per heavy atom. The number of carboxylic acid groups (broad SMARTS) is 1. The summed E-state index contributed by atoms with van der Waals surface area (Å²) in [6, 6.07) is 16.7. The van der Waals surface area contributed by atoms with Crippen LogP contribution in [0.4, 0.5) is 11.4 Å².